The molecule has 1 saturated carbocycles. The highest BCUT2D eigenvalue weighted by Gasteiger charge is 2.48. The number of anilines is 1. The van der Waals surface area contributed by atoms with Crippen LogP contribution >= 0.6 is 0 Å². The van der Waals surface area contributed by atoms with E-state index in [0.717, 1.165) is 44.3 Å². The van der Waals surface area contributed by atoms with E-state index >= 15 is 0 Å². The third-order valence-electron chi connectivity index (χ3n) is 6.73. The van der Waals surface area contributed by atoms with Crippen LogP contribution in [0.5, 0.6) is 0 Å². The number of likely N-dealkylation sites (tertiary alicyclic amines) is 1. The van der Waals surface area contributed by atoms with Gasteiger partial charge >= 0.3 is 0 Å². The molecule has 0 N–H and O–H groups in total. The lowest BCUT2D eigenvalue weighted by molar-refractivity contribution is -0.146. The molecule has 2 atom stereocenters. The van der Waals surface area contributed by atoms with Crippen LogP contribution in [0.1, 0.15) is 50.5 Å². The molecule has 2 aliphatic heterocycles. The molecule has 4 rings (SSSR count). The molecule has 2 saturated heterocycles. The Morgan fingerprint density at radius 3 is 2.10 bits per heavy atom. The maximum atomic E-state index is 12.7. The lowest BCUT2D eigenvalue weighted by atomic mass is 9.81. The molecule has 0 radical (unpaired) electrons. The highest BCUT2D eigenvalue weighted by molar-refractivity contribution is 6.07. The van der Waals surface area contributed by atoms with Gasteiger partial charge in [-0.15, -0.1) is 0 Å². The first kappa shape index (κ1) is 19.9. The van der Waals surface area contributed by atoms with Gasteiger partial charge in [0.2, 0.25) is 17.7 Å². The monoisotopic (exact) mass is 397 g/mol. The van der Waals surface area contributed by atoms with Crippen LogP contribution in [0.3, 0.4) is 0 Å². The lowest BCUT2D eigenvalue weighted by Crippen LogP contribution is -2.41. The first-order valence-electron chi connectivity index (χ1n) is 11.0. The average molecular weight is 398 g/mol. The van der Waals surface area contributed by atoms with E-state index in [9.17, 15) is 14.4 Å². The number of amides is 3. The van der Waals surface area contributed by atoms with Crippen molar-refractivity contribution in [2.45, 2.75) is 51.5 Å². The summed E-state index contributed by atoms with van der Waals surface area (Å²) < 4.78 is 0. The van der Waals surface area contributed by atoms with Crippen molar-refractivity contribution < 1.29 is 14.4 Å². The Morgan fingerprint density at radius 1 is 0.931 bits per heavy atom. The number of likely N-dealkylation sites (N-methyl/N-ethyl adjacent to an activating group) is 1. The molecular weight excluding hydrogens is 366 g/mol. The van der Waals surface area contributed by atoms with Crippen molar-refractivity contribution in [2.24, 2.45) is 11.8 Å². The molecule has 0 unspecified atom stereocenters. The molecule has 1 aromatic rings. The van der Waals surface area contributed by atoms with E-state index in [1.165, 1.54) is 29.8 Å². The van der Waals surface area contributed by atoms with Gasteiger partial charge in [-0.1, -0.05) is 25.0 Å². The summed E-state index contributed by atoms with van der Waals surface area (Å²) >= 11 is 0. The smallest absolute Gasteiger partial charge is 0.242 e. The van der Waals surface area contributed by atoms with E-state index in [2.05, 4.69) is 29.2 Å². The van der Waals surface area contributed by atoms with Crippen LogP contribution in [-0.2, 0) is 20.9 Å². The maximum absolute atomic E-state index is 12.7. The second-order valence-electron chi connectivity index (χ2n) is 8.72. The second-order valence-corrected chi connectivity index (χ2v) is 8.72. The summed E-state index contributed by atoms with van der Waals surface area (Å²) in [5, 5.41) is 0. The quantitative estimate of drug-likeness (QED) is 0.717. The van der Waals surface area contributed by atoms with E-state index in [1.54, 1.807) is 11.9 Å². The van der Waals surface area contributed by atoms with Crippen LogP contribution in [0, 0.1) is 11.8 Å². The SMILES string of the molecule is CN(Cc1ccc(N2CCCCC2)cc1)C(=O)CN1C(=O)[C@H]2CCCC[C@@H]2C1=O. The Hall–Kier alpha value is -2.37. The van der Waals surface area contributed by atoms with Gasteiger partial charge in [0.15, 0.2) is 0 Å². The number of rotatable bonds is 5. The van der Waals surface area contributed by atoms with Gasteiger partial charge in [-0.3, -0.25) is 19.3 Å². The minimum absolute atomic E-state index is 0.132. The van der Waals surface area contributed by atoms with Crippen LogP contribution in [0.2, 0.25) is 0 Å². The number of hydrogen-bond donors (Lipinski definition) is 0. The standard InChI is InChI=1S/C23H31N3O3/c1-24(15-17-9-11-18(12-10-17)25-13-5-2-6-14-25)21(27)16-26-22(28)19-7-3-4-8-20(19)23(26)29/h9-12,19-20H,2-8,13-16H2,1H3/t19-,20-/m0/s1. The molecule has 1 aromatic carbocycles. The summed E-state index contributed by atoms with van der Waals surface area (Å²) in [6.45, 7) is 2.56. The lowest BCUT2D eigenvalue weighted by Gasteiger charge is -2.29. The first-order chi connectivity index (χ1) is 14.0. The fourth-order valence-corrected chi connectivity index (χ4v) is 4.97. The predicted octanol–water partition coefficient (Wildman–Crippen LogP) is 2.81. The fourth-order valence-electron chi connectivity index (χ4n) is 4.97. The molecule has 2 heterocycles. The summed E-state index contributed by atoms with van der Waals surface area (Å²) in [7, 11) is 1.74. The summed E-state index contributed by atoms with van der Waals surface area (Å²) in [5.74, 6) is -0.876. The van der Waals surface area contributed by atoms with Gasteiger partial charge in [-0.2, -0.15) is 0 Å². The second kappa shape index (κ2) is 8.56. The number of imide groups is 1. The minimum atomic E-state index is -0.198. The summed E-state index contributed by atoms with van der Waals surface area (Å²) in [4.78, 5) is 43.1. The predicted molar refractivity (Wildman–Crippen MR) is 111 cm³/mol. The van der Waals surface area contributed by atoms with Crippen LogP contribution < -0.4 is 4.90 Å². The molecule has 1 aliphatic carbocycles. The number of hydrogen-bond acceptors (Lipinski definition) is 4. The van der Waals surface area contributed by atoms with Crippen LogP contribution in [0.25, 0.3) is 0 Å². The zero-order valence-corrected chi connectivity index (χ0v) is 17.3. The van der Waals surface area contributed by atoms with Crippen molar-refractivity contribution >= 4 is 23.4 Å². The molecule has 6 heteroatoms. The summed E-state index contributed by atoms with van der Waals surface area (Å²) in [6.07, 6.45) is 7.34. The number of fused-ring (bicyclic) bond motifs is 1. The number of carbonyl (C=O) groups excluding carboxylic acids is 3. The molecule has 6 nitrogen and oxygen atoms in total. The maximum Gasteiger partial charge on any atom is 0.242 e. The van der Waals surface area contributed by atoms with Crippen molar-refractivity contribution in [1.82, 2.24) is 9.80 Å². The van der Waals surface area contributed by atoms with Crippen molar-refractivity contribution in [3.05, 3.63) is 29.8 Å². The van der Waals surface area contributed by atoms with Crippen molar-refractivity contribution in [1.29, 1.82) is 0 Å². The van der Waals surface area contributed by atoms with Crippen molar-refractivity contribution in [3.8, 4) is 0 Å². The first-order valence-corrected chi connectivity index (χ1v) is 11.0. The van der Waals surface area contributed by atoms with Crippen molar-refractivity contribution in [2.75, 3.05) is 31.6 Å². The van der Waals surface area contributed by atoms with E-state index in [0.29, 0.717) is 6.54 Å². The van der Waals surface area contributed by atoms with Crippen LogP contribution in [0.15, 0.2) is 24.3 Å². The Balaban J connectivity index is 1.33. The molecular formula is C23H31N3O3. The van der Waals surface area contributed by atoms with E-state index in [1.807, 2.05) is 0 Å². The Bertz CT molecular complexity index is 746. The van der Waals surface area contributed by atoms with Crippen molar-refractivity contribution in [3.63, 3.8) is 0 Å². The highest BCUT2D eigenvalue weighted by atomic mass is 16.2. The molecule has 3 fully saturated rings. The Morgan fingerprint density at radius 2 is 1.52 bits per heavy atom. The van der Waals surface area contributed by atoms with Gasteiger partial charge < -0.3 is 9.80 Å². The fraction of sp³-hybridized carbons (Fsp3) is 0.609. The van der Waals surface area contributed by atoms with E-state index in [4.69, 9.17) is 0 Å². The Kier molecular flexibility index (Phi) is 5.88. The minimum Gasteiger partial charge on any atom is -0.372 e. The van der Waals surface area contributed by atoms with Gasteiger partial charge in [0, 0.05) is 32.4 Å². The van der Waals surface area contributed by atoms with Gasteiger partial charge in [-0.25, -0.2) is 0 Å². The van der Waals surface area contributed by atoms with Gasteiger partial charge in [-0.05, 0) is 49.8 Å². The molecule has 29 heavy (non-hydrogen) atoms. The molecule has 0 spiro atoms. The van der Waals surface area contributed by atoms with E-state index < -0.39 is 0 Å². The average Bonchev–Trinajstić information content (AvgIpc) is 3.00. The Labute approximate surface area is 172 Å². The molecule has 0 aromatic heterocycles. The van der Waals surface area contributed by atoms with Crippen LogP contribution in [0.4, 0.5) is 5.69 Å². The highest BCUT2D eigenvalue weighted by Crippen LogP contribution is 2.37. The number of carbonyl (C=O) groups is 3. The van der Waals surface area contributed by atoms with Gasteiger partial charge in [0.05, 0.1) is 11.8 Å². The summed E-state index contributed by atoms with van der Waals surface area (Å²) in [6, 6.07) is 8.37. The normalized spacial score (nSPS) is 24.6. The summed E-state index contributed by atoms with van der Waals surface area (Å²) in [5.41, 5.74) is 2.28. The molecule has 156 valence electrons. The third-order valence-corrected chi connectivity index (χ3v) is 6.73. The van der Waals surface area contributed by atoms with Gasteiger partial charge in [0.1, 0.15) is 6.54 Å². The number of nitrogens with zero attached hydrogens (tertiary/aromatic N) is 3. The topological polar surface area (TPSA) is 60.9 Å². The third kappa shape index (κ3) is 4.16. The zero-order valence-electron chi connectivity index (χ0n) is 17.3. The van der Waals surface area contributed by atoms with E-state index in [-0.39, 0.29) is 36.1 Å². The number of piperidine rings is 1. The molecule has 3 amide bonds. The van der Waals surface area contributed by atoms with Crippen LogP contribution in [-0.4, -0.2) is 54.2 Å². The zero-order chi connectivity index (χ0) is 20.4. The molecule has 3 aliphatic rings. The largest absolute Gasteiger partial charge is 0.372 e. The molecule has 0 bridgehead atoms. The number of benzene rings is 1. The van der Waals surface area contributed by atoms with Gasteiger partial charge in [0.25, 0.3) is 0 Å².